The van der Waals surface area contributed by atoms with Crippen LogP contribution in [0.1, 0.15) is 32.1 Å². The Morgan fingerprint density at radius 3 is 2.62 bits per heavy atom. The van der Waals surface area contributed by atoms with E-state index in [-0.39, 0.29) is 17.2 Å². The molecule has 3 nitrogen and oxygen atoms in total. The normalized spacial score (nSPS) is 47.7. The number of fused-ring (bicyclic) bond motifs is 3. The molecule has 3 unspecified atom stereocenters. The Morgan fingerprint density at radius 2 is 2.15 bits per heavy atom. The van der Waals surface area contributed by atoms with Crippen LogP contribution >= 0.6 is 0 Å². The van der Waals surface area contributed by atoms with Gasteiger partial charge in [-0.15, -0.1) is 0 Å². The first kappa shape index (κ1) is 7.54. The van der Waals surface area contributed by atoms with Crippen molar-refractivity contribution in [3.05, 3.63) is 0 Å². The zero-order valence-electron chi connectivity index (χ0n) is 7.51. The molecule has 3 rings (SSSR count). The summed E-state index contributed by atoms with van der Waals surface area (Å²) in [7, 11) is 0. The molecule has 2 aliphatic carbocycles. The summed E-state index contributed by atoms with van der Waals surface area (Å²) >= 11 is 0. The van der Waals surface area contributed by atoms with Crippen LogP contribution in [0.5, 0.6) is 0 Å². The van der Waals surface area contributed by atoms with Gasteiger partial charge in [0, 0.05) is 6.42 Å². The molecule has 3 fully saturated rings. The monoisotopic (exact) mass is 179 g/mol. The molecule has 1 spiro atoms. The SMILES string of the molecule is O=C1CC2(CC3CCC2C3)C(=O)N1. The summed E-state index contributed by atoms with van der Waals surface area (Å²) in [5.41, 5.74) is -0.264. The Balaban J connectivity index is 1.98. The van der Waals surface area contributed by atoms with Crippen LogP contribution < -0.4 is 5.32 Å². The minimum Gasteiger partial charge on any atom is -0.296 e. The molecule has 2 bridgehead atoms. The summed E-state index contributed by atoms with van der Waals surface area (Å²) in [6.45, 7) is 0. The lowest BCUT2D eigenvalue weighted by atomic mass is 9.72. The summed E-state index contributed by atoms with van der Waals surface area (Å²) in [6, 6.07) is 0. The lowest BCUT2D eigenvalue weighted by Gasteiger charge is -2.29. The third-order valence-electron chi connectivity index (χ3n) is 4.16. The average molecular weight is 179 g/mol. The largest absolute Gasteiger partial charge is 0.296 e. The predicted octanol–water partition coefficient (Wildman–Crippen LogP) is 0.839. The second kappa shape index (κ2) is 2.14. The summed E-state index contributed by atoms with van der Waals surface area (Å²) < 4.78 is 0. The van der Waals surface area contributed by atoms with E-state index in [1.165, 1.54) is 12.8 Å². The van der Waals surface area contributed by atoms with Crippen molar-refractivity contribution < 1.29 is 9.59 Å². The van der Waals surface area contributed by atoms with Crippen LogP contribution in [0.15, 0.2) is 0 Å². The van der Waals surface area contributed by atoms with Gasteiger partial charge in [-0.05, 0) is 31.1 Å². The van der Waals surface area contributed by atoms with Crippen molar-refractivity contribution >= 4 is 11.8 Å². The van der Waals surface area contributed by atoms with Gasteiger partial charge in [0.05, 0.1) is 5.41 Å². The van der Waals surface area contributed by atoms with Crippen molar-refractivity contribution in [1.29, 1.82) is 0 Å². The highest BCUT2D eigenvalue weighted by Crippen LogP contribution is 2.58. The first-order chi connectivity index (χ1) is 6.21. The molecule has 13 heavy (non-hydrogen) atoms. The molecule has 1 heterocycles. The van der Waals surface area contributed by atoms with E-state index in [2.05, 4.69) is 5.32 Å². The van der Waals surface area contributed by atoms with Gasteiger partial charge in [0.1, 0.15) is 0 Å². The number of rotatable bonds is 0. The van der Waals surface area contributed by atoms with Gasteiger partial charge in [-0.3, -0.25) is 14.9 Å². The fraction of sp³-hybridized carbons (Fsp3) is 0.800. The molecule has 1 N–H and O–H groups in total. The molecule has 1 aliphatic heterocycles. The highest BCUT2D eigenvalue weighted by Gasteiger charge is 2.59. The molecule has 0 aromatic carbocycles. The van der Waals surface area contributed by atoms with Crippen LogP contribution in [0.2, 0.25) is 0 Å². The summed E-state index contributed by atoms with van der Waals surface area (Å²) in [5.74, 6) is 1.19. The predicted molar refractivity (Wildman–Crippen MR) is 45.6 cm³/mol. The Kier molecular flexibility index (Phi) is 1.24. The number of imide groups is 1. The minimum atomic E-state index is -0.264. The van der Waals surface area contributed by atoms with Gasteiger partial charge >= 0.3 is 0 Å². The molecule has 70 valence electrons. The average Bonchev–Trinajstić information content (AvgIpc) is 2.68. The van der Waals surface area contributed by atoms with E-state index in [1.54, 1.807) is 0 Å². The number of carbonyl (C=O) groups is 2. The van der Waals surface area contributed by atoms with Crippen LogP contribution in [0, 0.1) is 17.3 Å². The van der Waals surface area contributed by atoms with Gasteiger partial charge in [-0.2, -0.15) is 0 Å². The van der Waals surface area contributed by atoms with Crippen LogP contribution in [0.25, 0.3) is 0 Å². The molecule has 3 atom stereocenters. The van der Waals surface area contributed by atoms with Crippen LogP contribution in [0.4, 0.5) is 0 Å². The van der Waals surface area contributed by atoms with Crippen molar-refractivity contribution in [2.75, 3.05) is 0 Å². The van der Waals surface area contributed by atoms with Crippen LogP contribution in [-0.4, -0.2) is 11.8 Å². The molecule has 0 aromatic rings. The van der Waals surface area contributed by atoms with Gasteiger partial charge in [0.15, 0.2) is 0 Å². The molecule has 3 heteroatoms. The minimum absolute atomic E-state index is 0.0182. The Bertz CT molecular complexity index is 299. The van der Waals surface area contributed by atoms with Crippen LogP contribution in [0.3, 0.4) is 0 Å². The van der Waals surface area contributed by atoms with E-state index in [1.807, 2.05) is 0 Å². The first-order valence-corrected chi connectivity index (χ1v) is 5.05. The number of carbonyl (C=O) groups excluding carboxylic acids is 2. The van der Waals surface area contributed by atoms with E-state index in [4.69, 9.17) is 0 Å². The molecule has 2 saturated carbocycles. The standard InChI is InChI=1S/C10H13NO2/c12-8-5-10(9(13)11-8)4-6-1-2-7(10)3-6/h6-7H,1-5H2,(H,11,12,13). The molecule has 1 saturated heterocycles. The van der Waals surface area contributed by atoms with Gasteiger partial charge in [0.2, 0.25) is 11.8 Å². The maximum Gasteiger partial charge on any atom is 0.233 e. The Labute approximate surface area is 76.9 Å². The zero-order chi connectivity index (χ0) is 9.05. The number of nitrogens with one attached hydrogen (secondary N) is 1. The Hall–Kier alpha value is -0.860. The zero-order valence-corrected chi connectivity index (χ0v) is 7.51. The highest BCUT2D eigenvalue weighted by atomic mass is 16.2. The van der Waals surface area contributed by atoms with Crippen LogP contribution in [-0.2, 0) is 9.59 Å². The lowest BCUT2D eigenvalue weighted by molar-refractivity contribution is -0.130. The molecule has 3 aliphatic rings. The molecule has 2 amide bonds. The Morgan fingerprint density at radius 1 is 1.31 bits per heavy atom. The van der Waals surface area contributed by atoms with E-state index in [0.29, 0.717) is 12.3 Å². The van der Waals surface area contributed by atoms with Crippen molar-refractivity contribution in [3.8, 4) is 0 Å². The van der Waals surface area contributed by atoms with E-state index in [9.17, 15) is 9.59 Å². The number of hydrogen-bond acceptors (Lipinski definition) is 2. The van der Waals surface area contributed by atoms with E-state index >= 15 is 0 Å². The van der Waals surface area contributed by atoms with E-state index in [0.717, 1.165) is 18.8 Å². The second-order valence-electron chi connectivity index (χ2n) is 4.79. The third kappa shape index (κ3) is 0.798. The summed E-state index contributed by atoms with van der Waals surface area (Å²) in [5, 5.41) is 2.46. The third-order valence-corrected chi connectivity index (χ3v) is 4.16. The fourth-order valence-corrected chi connectivity index (χ4v) is 3.60. The maximum absolute atomic E-state index is 11.7. The number of hydrogen-bond donors (Lipinski definition) is 1. The van der Waals surface area contributed by atoms with Gasteiger partial charge < -0.3 is 0 Å². The highest BCUT2D eigenvalue weighted by molar-refractivity contribution is 6.06. The smallest absolute Gasteiger partial charge is 0.233 e. The summed E-state index contributed by atoms with van der Waals surface area (Å²) in [4.78, 5) is 22.8. The molecule has 0 aromatic heterocycles. The first-order valence-electron chi connectivity index (χ1n) is 5.05. The van der Waals surface area contributed by atoms with Gasteiger partial charge in [-0.1, -0.05) is 6.42 Å². The lowest BCUT2D eigenvalue weighted by Crippen LogP contribution is -2.36. The fourth-order valence-electron chi connectivity index (χ4n) is 3.60. The van der Waals surface area contributed by atoms with Crippen molar-refractivity contribution in [3.63, 3.8) is 0 Å². The summed E-state index contributed by atoms with van der Waals surface area (Å²) in [6.07, 6.45) is 5.04. The molecular formula is C10H13NO2. The second-order valence-corrected chi connectivity index (χ2v) is 4.79. The van der Waals surface area contributed by atoms with Crippen molar-refractivity contribution in [2.24, 2.45) is 17.3 Å². The quantitative estimate of drug-likeness (QED) is 0.560. The number of amides is 2. The van der Waals surface area contributed by atoms with Gasteiger partial charge in [-0.25, -0.2) is 0 Å². The maximum atomic E-state index is 11.7. The van der Waals surface area contributed by atoms with Crippen molar-refractivity contribution in [2.45, 2.75) is 32.1 Å². The van der Waals surface area contributed by atoms with E-state index < -0.39 is 0 Å². The molecule has 0 radical (unpaired) electrons. The topological polar surface area (TPSA) is 46.2 Å². The molecular weight excluding hydrogens is 166 g/mol. The van der Waals surface area contributed by atoms with Gasteiger partial charge in [0.25, 0.3) is 0 Å². The van der Waals surface area contributed by atoms with Crippen molar-refractivity contribution in [1.82, 2.24) is 5.32 Å².